The standard InChI is InChI=1S/C25H34N2O2/c1-5-15-29-19-24(28)18-27(22-12-13-22)17-23-7-6-14-26(23)16-20-8-10-21(11-9-20)25(2,3)4/h1,6-11,14,22,24,28H,12-13,15-19H2,2-4H3/t24-/m0/s1. The predicted molar refractivity (Wildman–Crippen MR) is 118 cm³/mol. The van der Waals surface area contributed by atoms with Crippen molar-refractivity contribution < 1.29 is 9.84 Å². The molecule has 0 radical (unpaired) electrons. The Morgan fingerprint density at radius 2 is 1.97 bits per heavy atom. The summed E-state index contributed by atoms with van der Waals surface area (Å²) in [5.74, 6) is 2.44. The van der Waals surface area contributed by atoms with Gasteiger partial charge in [0.25, 0.3) is 0 Å². The Morgan fingerprint density at radius 3 is 2.59 bits per heavy atom. The van der Waals surface area contributed by atoms with E-state index in [1.165, 1.54) is 29.7 Å². The van der Waals surface area contributed by atoms with Crippen molar-refractivity contribution in [2.45, 2.75) is 64.3 Å². The van der Waals surface area contributed by atoms with Crippen LogP contribution in [0.5, 0.6) is 0 Å². The number of nitrogens with zero attached hydrogens (tertiary/aromatic N) is 2. The molecule has 0 aliphatic heterocycles. The fourth-order valence-electron chi connectivity index (χ4n) is 3.62. The molecule has 3 rings (SSSR count). The number of aromatic nitrogens is 1. The van der Waals surface area contributed by atoms with E-state index in [1.807, 2.05) is 0 Å². The van der Waals surface area contributed by atoms with Crippen LogP contribution in [0.1, 0.15) is 50.4 Å². The van der Waals surface area contributed by atoms with Gasteiger partial charge < -0.3 is 14.4 Å². The van der Waals surface area contributed by atoms with Gasteiger partial charge in [-0.3, -0.25) is 4.90 Å². The molecule has 0 amide bonds. The molecular weight excluding hydrogens is 360 g/mol. The van der Waals surface area contributed by atoms with E-state index in [9.17, 15) is 5.11 Å². The van der Waals surface area contributed by atoms with Gasteiger partial charge in [-0.2, -0.15) is 0 Å². The summed E-state index contributed by atoms with van der Waals surface area (Å²) >= 11 is 0. The van der Waals surface area contributed by atoms with Gasteiger partial charge in [-0.05, 0) is 41.5 Å². The molecule has 1 fully saturated rings. The summed E-state index contributed by atoms with van der Waals surface area (Å²) in [6, 6.07) is 13.8. The molecular formula is C25H34N2O2. The second-order valence-electron chi connectivity index (χ2n) is 9.11. The average Bonchev–Trinajstić information content (AvgIpc) is 3.43. The highest BCUT2D eigenvalue weighted by Crippen LogP contribution is 2.29. The number of benzene rings is 1. The van der Waals surface area contributed by atoms with Crippen molar-refractivity contribution in [3.63, 3.8) is 0 Å². The summed E-state index contributed by atoms with van der Waals surface area (Å²) in [6.07, 6.45) is 9.23. The first kappa shape index (κ1) is 21.6. The molecule has 0 unspecified atom stereocenters. The molecule has 29 heavy (non-hydrogen) atoms. The third-order valence-corrected chi connectivity index (χ3v) is 5.47. The first-order chi connectivity index (χ1) is 13.9. The quantitative estimate of drug-likeness (QED) is 0.492. The van der Waals surface area contributed by atoms with E-state index in [4.69, 9.17) is 11.2 Å². The largest absolute Gasteiger partial charge is 0.389 e. The topological polar surface area (TPSA) is 37.6 Å². The van der Waals surface area contributed by atoms with Crippen LogP contribution in [0.4, 0.5) is 0 Å². The zero-order valence-electron chi connectivity index (χ0n) is 18.0. The second-order valence-corrected chi connectivity index (χ2v) is 9.11. The van der Waals surface area contributed by atoms with Gasteiger partial charge in [0.15, 0.2) is 0 Å². The van der Waals surface area contributed by atoms with Crippen LogP contribution in [0, 0.1) is 12.3 Å². The lowest BCUT2D eigenvalue weighted by Gasteiger charge is -2.25. The van der Waals surface area contributed by atoms with Crippen LogP contribution in [0.15, 0.2) is 42.6 Å². The maximum Gasteiger partial charge on any atom is 0.107 e. The second kappa shape index (κ2) is 9.63. The predicted octanol–water partition coefficient (Wildman–Crippen LogP) is 3.81. The third kappa shape index (κ3) is 6.47. The minimum Gasteiger partial charge on any atom is -0.389 e. The van der Waals surface area contributed by atoms with Crippen molar-refractivity contribution in [2.24, 2.45) is 0 Å². The molecule has 1 aromatic carbocycles. The molecule has 1 aromatic heterocycles. The fourth-order valence-corrected chi connectivity index (χ4v) is 3.62. The van der Waals surface area contributed by atoms with E-state index in [-0.39, 0.29) is 18.6 Å². The van der Waals surface area contributed by atoms with Gasteiger partial charge in [0.2, 0.25) is 0 Å². The highest BCUT2D eigenvalue weighted by atomic mass is 16.5. The molecule has 1 saturated carbocycles. The number of aliphatic hydroxyl groups is 1. The van der Waals surface area contributed by atoms with Crippen LogP contribution < -0.4 is 0 Å². The smallest absolute Gasteiger partial charge is 0.107 e. The lowest BCUT2D eigenvalue weighted by atomic mass is 9.87. The maximum atomic E-state index is 10.3. The zero-order valence-corrected chi connectivity index (χ0v) is 18.0. The molecule has 4 nitrogen and oxygen atoms in total. The normalized spacial score (nSPS) is 15.4. The summed E-state index contributed by atoms with van der Waals surface area (Å²) in [5.41, 5.74) is 4.10. The van der Waals surface area contributed by atoms with Crippen molar-refractivity contribution in [1.82, 2.24) is 9.47 Å². The Kier molecular flexibility index (Phi) is 7.18. The molecule has 1 heterocycles. The molecule has 4 heteroatoms. The van der Waals surface area contributed by atoms with Gasteiger partial charge in [0, 0.05) is 37.6 Å². The minimum absolute atomic E-state index is 0.173. The summed E-state index contributed by atoms with van der Waals surface area (Å²) in [7, 11) is 0. The van der Waals surface area contributed by atoms with Crippen molar-refractivity contribution in [2.75, 3.05) is 19.8 Å². The molecule has 156 valence electrons. The third-order valence-electron chi connectivity index (χ3n) is 5.47. The number of terminal acetylenes is 1. The van der Waals surface area contributed by atoms with Gasteiger partial charge in [0.05, 0.1) is 12.7 Å². The molecule has 1 aliphatic rings. The van der Waals surface area contributed by atoms with Gasteiger partial charge in [-0.15, -0.1) is 6.42 Å². The van der Waals surface area contributed by atoms with E-state index in [0.29, 0.717) is 12.6 Å². The summed E-state index contributed by atoms with van der Waals surface area (Å²) < 4.78 is 7.61. The van der Waals surface area contributed by atoms with Gasteiger partial charge in [0.1, 0.15) is 6.61 Å². The number of rotatable bonds is 10. The van der Waals surface area contributed by atoms with Crippen LogP contribution in [-0.4, -0.2) is 46.5 Å². The zero-order chi connectivity index (χ0) is 20.9. The van der Waals surface area contributed by atoms with Crippen LogP contribution >= 0.6 is 0 Å². The Balaban J connectivity index is 1.62. The maximum absolute atomic E-state index is 10.3. The van der Waals surface area contributed by atoms with E-state index in [1.54, 1.807) is 0 Å². The van der Waals surface area contributed by atoms with Crippen LogP contribution in [0.25, 0.3) is 0 Å². The molecule has 1 N–H and O–H groups in total. The van der Waals surface area contributed by atoms with E-state index < -0.39 is 6.10 Å². The van der Waals surface area contributed by atoms with Crippen LogP contribution in [0.3, 0.4) is 0 Å². The molecule has 0 spiro atoms. The van der Waals surface area contributed by atoms with Crippen molar-refractivity contribution >= 4 is 0 Å². The summed E-state index contributed by atoms with van der Waals surface area (Å²) in [6.45, 7) is 9.56. The van der Waals surface area contributed by atoms with Gasteiger partial charge in [-0.25, -0.2) is 0 Å². The molecule has 1 aliphatic carbocycles. The van der Waals surface area contributed by atoms with E-state index >= 15 is 0 Å². The number of hydrogen-bond acceptors (Lipinski definition) is 3. The monoisotopic (exact) mass is 394 g/mol. The molecule has 1 atom stereocenters. The van der Waals surface area contributed by atoms with Gasteiger partial charge >= 0.3 is 0 Å². The Hall–Kier alpha value is -2.06. The number of aliphatic hydroxyl groups excluding tert-OH is 1. The van der Waals surface area contributed by atoms with Crippen molar-refractivity contribution in [1.29, 1.82) is 0 Å². The first-order valence-corrected chi connectivity index (χ1v) is 10.5. The lowest BCUT2D eigenvalue weighted by molar-refractivity contribution is 0.0238. The Bertz CT molecular complexity index is 807. The van der Waals surface area contributed by atoms with Crippen molar-refractivity contribution in [3.05, 3.63) is 59.4 Å². The molecule has 0 bridgehead atoms. The molecule has 2 aromatic rings. The average molecular weight is 395 g/mol. The van der Waals surface area contributed by atoms with Crippen molar-refractivity contribution in [3.8, 4) is 12.3 Å². The highest BCUT2D eigenvalue weighted by Gasteiger charge is 2.30. The highest BCUT2D eigenvalue weighted by molar-refractivity contribution is 5.28. The van der Waals surface area contributed by atoms with E-state index in [2.05, 4.69) is 78.8 Å². The number of hydrogen-bond donors (Lipinski definition) is 1. The first-order valence-electron chi connectivity index (χ1n) is 10.5. The molecule has 0 saturated heterocycles. The van der Waals surface area contributed by atoms with E-state index in [0.717, 1.165) is 13.1 Å². The van der Waals surface area contributed by atoms with Gasteiger partial charge in [-0.1, -0.05) is 51.0 Å². The fraction of sp³-hybridized carbons (Fsp3) is 0.520. The minimum atomic E-state index is -0.516. The Morgan fingerprint density at radius 1 is 1.24 bits per heavy atom. The lowest BCUT2D eigenvalue weighted by Crippen LogP contribution is -2.36. The SMILES string of the molecule is C#CCOC[C@@H](O)CN(Cc1cccn1Cc1ccc(C(C)(C)C)cc1)C1CC1. The Labute approximate surface area is 175 Å². The van der Waals surface area contributed by atoms with Crippen LogP contribution in [0.2, 0.25) is 0 Å². The van der Waals surface area contributed by atoms with Crippen LogP contribution in [-0.2, 0) is 23.2 Å². The number of ether oxygens (including phenoxy) is 1. The summed E-state index contributed by atoms with van der Waals surface area (Å²) in [4.78, 5) is 2.37. The summed E-state index contributed by atoms with van der Waals surface area (Å²) in [5, 5.41) is 10.3.